The minimum atomic E-state index is -0.902. The van der Waals surface area contributed by atoms with Crippen molar-refractivity contribution in [3.8, 4) is 0 Å². The van der Waals surface area contributed by atoms with Crippen LogP contribution in [0.5, 0.6) is 0 Å². The molecule has 1 fully saturated rings. The average Bonchev–Trinajstić information content (AvgIpc) is 2.78. The van der Waals surface area contributed by atoms with Crippen LogP contribution in [0.1, 0.15) is 25.7 Å². The maximum absolute atomic E-state index is 12.1. The lowest BCUT2D eigenvalue weighted by Gasteiger charge is -2.31. The number of oxazole rings is 1. The lowest BCUT2D eigenvalue weighted by atomic mass is 9.73. The number of anilines is 1. The third kappa shape index (κ3) is 2.49. The Balaban J connectivity index is 1.75. The fourth-order valence-corrected chi connectivity index (χ4v) is 2.55. The number of carbonyl (C=O) groups is 2. The van der Waals surface area contributed by atoms with E-state index in [0.29, 0.717) is 41.9 Å². The Kier molecular flexibility index (Phi) is 3.37. The zero-order valence-corrected chi connectivity index (χ0v) is 11.6. The Morgan fingerprint density at radius 1 is 1.38 bits per heavy atom. The van der Waals surface area contributed by atoms with E-state index in [9.17, 15) is 9.59 Å². The van der Waals surface area contributed by atoms with Crippen LogP contribution in [0, 0.1) is 11.8 Å². The van der Waals surface area contributed by atoms with Gasteiger partial charge in [-0.3, -0.25) is 9.59 Å². The summed E-state index contributed by atoms with van der Waals surface area (Å²) in [4.78, 5) is 27.4. The molecule has 1 aromatic carbocycles. The van der Waals surface area contributed by atoms with Crippen molar-refractivity contribution in [3.63, 3.8) is 0 Å². The van der Waals surface area contributed by atoms with E-state index in [-0.39, 0.29) is 5.91 Å². The van der Waals surface area contributed by atoms with Crippen LogP contribution in [0.2, 0.25) is 0 Å². The minimum absolute atomic E-state index is 0.243. The van der Waals surface area contributed by atoms with Crippen molar-refractivity contribution in [2.45, 2.75) is 26.2 Å². The Labute approximate surface area is 121 Å². The molecule has 1 saturated carbocycles. The maximum atomic E-state index is 12.1. The lowest BCUT2D eigenvalue weighted by molar-refractivity contribution is -0.151. The predicted molar refractivity (Wildman–Crippen MR) is 75.9 cm³/mol. The van der Waals surface area contributed by atoms with Crippen molar-refractivity contribution < 1.29 is 19.1 Å². The van der Waals surface area contributed by atoms with Gasteiger partial charge >= 0.3 is 5.97 Å². The van der Waals surface area contributed by atoms with Gasteiger partial charge in [0.15, 0.2) is 11.5 Å². The van der Waals surface area contributed by atoms with Crippen LogP contribution in [0.15, 0.2) is 22.6 Å². The normalized spacial score (nSPS) is 21.0. The number of carbonyl (C=O) groups excluding carboxylic acids is 1. The highest BCUT2D eigenvalue weighted by Gasteiger charge is 2.41. The van der Waals surface area contributed by atoms with Gasteiger partial charge < -0.3 is 14.8 Å². The van der Waals surface area contributed by atoms with E-state index in [4.69, 9.17) is 9.52 Å². The van der Waals surface area contributed by atoms with Crippen LogP contribution in [0.4, 0.5) is 5.69 Å². The number of rotatable bonds is 4. The number of aliphatic carboxylic acids is 1. The highest BCUT2D eigenvalue weighted by molar-refractivity contribution is 5.97. The molecular weight excluding hydrogens is 272 g/mol. The summed E-state index contributed by atoms with van der Waals surface area (Å²) < 4.78 is 5.50. The quantitative estimate of drug-likeness (QED) is 0.901. The van der Waals surface area contributed by atoms with Gasteiger partial charge in [0.25, 0.3) is 0 Å². The molecule has 21 heavy (non-hydrogen) atoms. The van der Waals surface area contributed by atoms with Crippen molar-refractivity contribution in [2.75, 3.05) is 5.32 Å². The molecule has 0 saturated heterocycles. The average molecular weight is 288 g/mol. The monoisotopic (exact) mass is 288 g/mol. The van der Waals surface area contributed by atoms with E-state index in [2.05, 4.69) is 10.3 Å². The predicted octanol–water partition coefficient (Wildman–Crippen LogP) is 2.44. The molecule has 2 unspecified atom stereocenters. The van der Waals surface area contributed by atoms with E-state index in [1.54, 1.807) is 18.2 Å². The number of hydrogen-bond acceptors (Lipinski definition) is 4. The second-order valence-electron chi connectivity index (χ2n) is 5.26. The summed E-state index contributed by atoms with van der Waals surface area (Å²) in [6, 6.07) is 5.23. The topological polar surface area (TPSA) is 92.4 Å². The molecule has 6 heteroatoms. The molecule has 3 rings (SSSR count). The van der Waals surface area contributed by atoms with Crippen LogP contribution in [-0.2, 0) is 16.0 Å². The number of aromatic nitrogens is 1. The largest absolute Gasteiger partial charge is 0.481 e. The molecule has 0 spiro atoms. The third-order valence-electron chi connectivity index (χ3n) is 3.93. The van der Waals surface area contributed by atoms with Gasteiger partial charge in [-0.25, -0.2) is 4.98 Å². The van der Waals surface area contributed by atoms with Crippen molar-refractivity contribution in [1.82, 2.24) is 4.98 Å². The second kappa shape index (κ2) is 5.20. The molecule has 1 heterocycles. The van der Waals surface area contributed by atoms with Crippen molar-refractivity contribution >= 4 is 28.7 Å². The molecule has 1 aromatic heterocycles. The van der Waals surface area contributed by atoms with E-state index in [0.717, 1.165) is 0 Å². The number of carboxylic acids is 1. The van der Waals surface area contributed by atoms with Gasteiger partial charge in [-0.2, -0.15) is 0 Å². The van der Waals surface area contributed by atoms with Gasteiger partial charge in [-0.15, -0.1) is 0 Å². The number of amides is 1. The summed E-state index contributed by atoms with van der Waals surface area (Å²) >= 11 is 0. The first kappa shape index (κ1) is 13.6. The van der Waals surface area contributed by atoms with Gasteiger partial charge in [0.1, 0.15) is 5.52 Å². The fourth-order valence-electron chi connectivity index (χ4n) is 2.55. The molecule has 2 atom stereocenters. The zero-order chi connectivity index (χ0) is 15.0. The molecule has 2 N–H and O–H groups in total. The number of nitrogens with one attached hydrogen (secondary N) is 1. The summed E-state index contributed by atoms with van der Waals surface area (Å²) in [5.41, 5.74) is 1.98. The molecule has 0 radical (unpaired) electrons. The molecule has 110 valence electrons. The molecule has 1 amide bonds. The third-order valence-corrected chi connectivity index (χ3v) is 3.93. The highest BCUT2D eigenvalue weighted by atomic mass is 16.4. The van der Waals surface area contributed by atoms with Gasteiger partial charge in [0, 0.05) is 12.1 Å². The van der Waals surface area contributed by atoms with Gasteiger partial charge in [-0.05, 0) is 31.0 Å². The van der Waals surface area contributed by atoms with Gasteiger partial charge in [0.2, 0.25) is 5.91 Å². The molecule has 0 aliphatic heterocycles. The number of aryl methyl sites for hydroxylation is 1. The maximum Gasteiger partial charge on any atom is 0.307 e. The van der Waals surface area contributed by atoms with Crippen LogP contribution < -0.4 is 5.32 Å². The lowest BCUT2D eigenvalue weighted by Crippen LogP contribution is -2.41. The highest BCUT2D eigenvalue weighted by Crippen LogP contribution is 2.35. The molecule has 6 nitrogen and oxygen atoms in total. The second-order valence-corrected chi connectivity index (χ2v) is 5.26. The summed E-state index contributed by atoms with van der Waals surface area (Å²) in [7, 11) is 0. The van der Waals surface area contributed by atoms with E-state index >= 15 is 0 Å². The first-order valence-electron chi connectivity index (χ1n) is 7.01. The Hall–Kier alpha value is -2.37. The number of carboxylic acid groups (broad SMARTS) is 1. The van der Waals surface area contributed by atoms with Crippen LogP contribution in [0.25, 0.3) is 11.1 Å². The van der Waals surface area contributed by atoms with Gasteiger partial charge in [-0.1, -0.05) is 6.92 Å². The molecule has 2 aromatic rings. The molecular formula is C15H16N2O4. The summed E-state index contributed by atoms with van der Waals surface area (Å²) in [6.45, 7) is 1.95. The Morgan fingerprint density at radius 2 is 2.14 bits per heavy atom. The summed E-state index contributed by atoms with van der Waals surface area (Å²) in [5, 5.41) is 11.8. The van der Waals surface area contributed by atoms with Crippen LogP contribution in [0.3, 0.4) is 0 Å². The number of hydrogen-bond donors (Lipinski definition) is 2. The van der Waals surface area contributed by atoms with E-state index < -0.39 is 17.8 Å². The van der Waals surface area contributed by atoms with E-state index in [1.165, 1.54) is 0 Å². The number of fused-ring (bicyclic) bond motifs is 1. The summed E-state index contributed by atoms with van der Waals surface area (Å²) in [6.07, 6.45) is 1.89. The minimum Gasteiger partial charge on any atom is -0.481 e. The van der Waals surface area contributed by atoms with Crippen molar-refractivity contribution in [1.29, 1.82) is 0 Å². The Morgan fingerprint density at radius 3 is 2.76 bits per heavy atom. The van der Waals surface area contributed by atoms with Crippen LogP contribution >= 0.6 is 0 Å². The molecule has 0 bridgehead atoms. The molecule has 1 aliphatic carbocycles. The number of benzene rings is 1. The first-order valence-corrected chi connectivity index (χ1v) is 7.01. The summed E-state index contributed by atoms with van der Waals surface area (Å²) in [5.74, 6) is -1.50. The van der Waals surface area contributed by atoms with Crippen molar-refractivity contribution in [3.05, 3.63) is 24.1 Å². The number of nitrogens with zero attached hydrogens (tertiary/aromatic N) is 1. The Bertz CT molecular complexity index is 707. The van der Waals surface area contributed by atoms with Gasteiger partial charge in [0.05, 0.1) is 11.8 Å². The van der Waals surface area contributed by atoms with Crippen molar-refractivity contribution in [2.24, 2.45) is 11.8 Å². The molecule has 1 aliphatic rings. The zero-order valence-electron chi connectivity index (χ0n) is 11.6. The van der Waals surface area contributed by atoms with Crippen LogP contribution in [-0.4, -0.2) is 22.0 Å². The smallest absolute Gasteiger partial charge is 0.307 e. The van der Waals surface area contributed by atoms with E-state index in [1.807, 2.05) is 6.92 Å². The fraction of sp³-hybridized carbons (Fsp3) is 0.400. The standard InChI is InChI=1S/C15H16N2O4/c1-2-13-17-11-7-8(3-6-12(11)21-13)16-14(18)9-4-5-10(9)15(19)20/h3,6-7,9-10H,2,4-5H2,1H3,(H,16,18)(H,19,20). The first-order chi connectivity index (χ1) is 10.1. The SMILES string of the molecule is CCc1nc2cc(NC(=O)C3CCC3C(=O)O)ccc2o1.